The fraction of sp³-hybridized carbons (Fsp3) is 0.296. The lowest BCUT2D eigenvalue weighted by Crippen LogP contribution is -2.47. The van der Waals surface area contributed by atoms with Crippen LogP contribution in [0.4, 0.5) is 0 Å². The number of rotatable bonds is 14. The first-order valence-electron chi connectivity index (χ1n) is 11.9. The summed E-state index contributed by atoms with van der Waals surface area (Å²) >= 11 is 0. The third kappa shape index (κ3) is 7.11. The molecule has 3 aromatic carbocycles. The van der Waals surface area contributed by atoms with Crippen molar-refractivity contribution in [2.45, 2.75) is 32.0 Å². The molecule has 3 aromatic rings. The average Bonchev–Trinajstić information content (AvgIpc) is 2.91. The van der Waals surface area contributed by atoms with E-state index in [4.69, 9.17) is 18.3 Å². The molecule has 0 spiro atoms. The highest BCUT2D eigenvalue weighted by molar-refractivity contribution is 7.48. The van der Waals surface area contributed by atoms with Gasteiger partial charge in [-0.05, 0) is 30.5 Å². The fourth-order valence-electron chi connectivity index (χ4n) is 4.02. The molecule has 0 radical (unpaired) electrons. The van der Waals surface area contributed by atoms with Crippen molar-refractivity contribution in [2.75, 3.05) is 19.8 Å². The van der Waals surface area contributed by atoms with Gasteiger partial charge in [0.15, 0.2) is 0 Å². The Morgan fingerprint density at radius 3 is 1.92 bits per heavy atom. The van der Waals surface area contributed by atoms with Gasteiger partial charge in [0.1, 0.15) is 6.61 Å². The molecule has 0 saturated heterocycles. The Labute approximate surface area is 216 Å². The van der Waals surface area contributed by atoms with Crippen LogP contribution in [-0.4, -0.2) is 30.7 Å². The van der Waals surface area contributed by atoms with E-state index in [9.17, 15) is 19.5 Å². The van der Waals surface area contributed by atoms with Gasteiger partial charge < -0.3 is 4.74 Å². The summed E-state index contributed by atoms with van der Waals surface area (Å²) in [5, 5.41) is 11.9. The SMILES string of the molecule is CCOP(=O)(OCC)O[C@@](C(=O)OCc1ccccc1)(c1ccccc1)[C@H](C[N+](=O)[O-])c1ccccc1. The van der Waals surface area contributed by atoms with Crippen LogP contribution in [0, 0.1) is 10.1 Å². The number of phosphoric ester groups is 1. The Balaban J connectivity index is 2.25. The van der Waals surface area contributed by atoms with Gasteiger partial charge in [-0.2, -0.15) is 0 Å². The zero-order valence-electron chi connectivity index (χ0n) is 20.7. The van der Waals surface area contributed by atoms with Crippen molar-refractivity contribution in [1.29, 1.82) is 0 Å². The molecule has 0 unspecified atom stereocenters. The lowest BCUT2D eigenvalue weighted by molar-refractivity contribution is -0.486. The zero-order chi connectivity index (χ0) is 26.7. The van der Waals surface area contributed by atoms with Crippen molar-refractivity contribution in [3.05, 3.63) is 118 Å². The highest BCUT2D eigenvalue weighted by atomic mass is 31.2. The van der Waals surface area contributed by atoms with E-state index >= 15 is 0 Å². The molecule has 9 nitrogen and oxygen atoms in total. The number of nitrogens with zero attached hydrogens (tertiary/aromatic N) is 1. The summed E-state index contributed by atoms with van der Waals surface area (Å²) in [5.74, 6) is -2.21. The van der Waals surface area contributed by atoms with Gasteiger partial charge in [-0.1, -0.05) is 91.0 Å². The molecule has 0 aliphatic carbocycles. The number of carbonyl (C=O) groups excluding carboxylic acids is 1. The van der Waals surface area contributed by atoms with Gasteiger partial charge in [-0.25, -0.2) is 9.36 Å². The number of nitro groups is 1. The minimum Gasteiger partial charge on any atom is -0.458 e. The summed E-state index contributed by atoms with van der Waals surface area (Å²) in [5.41, 5.74) is -0.923. The second kappa shape index (κ2) is 13.3. The van der Waals surface area contributed by atoms with Crippen LogP contribution in [0.5, 0.6) is 0 Å². The molecule has 3 rings (SSSR count). The van der Waals surface area contributed by atoms with Gasteiger partial charge in [-0.3, -0.25) is 23.7 Å². The van der Waals surface area contributed by atoms with E-state index in [-0.39, 0.29) is 25.4 Å². The Kier molecular flexibility index (Phi) is 10.1. The number of carbonyl (C=O) groups is 1. The van der Waals surface area contributed by atoms with Crippen LogP contribution < -0.4 is 0 Å². The van der Waals surface area contributed by atoms with Gasteiger partial charge in [0.2, 0.25) is 12.1 Å². The maximum Gasteiger partial charge on any atom is 0.476 e. The smallest absolute Gasteiger partial charge is 0.458 e. The molecular weight excluding hydrogens is 497 g/mol. The molecule has 37 heavy (non-hydrogen) atoms. The Morgan fingerprint density at radius 2 is 1.41 bits per heavy atom. The minimum absolute atomic E-state index is 0.0492. The summed E-state index contributed by atoms with van der Waals surface area (Å²) in [6.45, 7) is 2.24. The van der Waals surface area contributed by atoms with Crippen molar-refractivity contribution in [3.63, 3.8) is 0 Å². The van der Waals surface area contributed by atoms with Gasteiger partial charge in [-0.15, -0.1) is 0 Å². The molecule has 10 heteroatoms. The van der Waals surface area contributed by atoms with Crippen LogP contribution >= 0.6 is 7.82 Å². The standard InChI is InChI=1S/C27H30NO8P/c1-3-34-37(32,35-4-2)36-27(24-18-12-7-13-19-24,26(29)33-21-22-14-8-5-9-15-22)25(20-28(30)31)23-16-10-6-11-17-23/h5-19,25H,3-4,20-21H2,1-2H3/t25-,27+/m1/s1. The van der Waals surface area contributed by atoms with Gasteiger partial charge in [0, 0.05) is 4.92 Å². The molecule has 0 heterocycles. The highest BCUT2D eigenvalue weighted by Crippen LogP contribution is 2.58. The number of esters is 1. The molecule has 0 fully saturated rings. The van der Waals surface area contributed by atoms with Crippen LogP contribution in [0.25, 0.3) is 0 Å². The van der Waals surface area contributed by atoms with Crippen molar-refractivity contribution >= 4 is 13.8 Å². The minimum atomic E-state index is -4.40. The van der Waals surface area contributed by atoms with Crippen molar-refractivity contribution in [3.8, 4) is 0 Å². The Bertz CT molecular complexity index is 1180. The van der Waals surface area contributed by atoms with E-state index in [2.05, 4.69) is 0 Å². The van der Waals surface area contributed by atoms with Gasteiger partial charge in [0.05, 0.1) is 19.1 Å². The van der Waals surface area contributed by atoms with E-state index in [0.29, 0.717) is 11.1 Å². The second-order valence-corrected chi connectivity index (χ2v) is 9.61. The number of benzene rings is 3. The number of hydrogen-bond donors (Lipinski definition) is 0. The molecule has 0 saturated carbocycles. The number of ether oxygens (including phenoxy) is 1. The van der Waals surface area contributed by atoms with E-state index in [1.54, 1.807) is 98.8 Å². The molecule has 0 aliphatic rings. The Morgan fingerprint density at radius 1 is 0.892 bits per heavy atom. The first-order chi connectivity index (χ1) is 17.8. The van der Waals surface area contributed by atoms with Crippen LogP contribution in [0.2, 0.25) is 0 Å². The molecule has 196 valence electrons. The lowest BCUT2D eigenvalue weighted by atomic mass is 9.77. The first-order valence-corrected chi connectivity index (χ1v) is 13.3. The third-order valence-electron chi connectivity index (χ3n) is 5.57. The third-order valence-corrected chi connectivity index (χ3v) is 7.23. The summed E-state index contributed by atoms with van der Waals surface area (Å²) in [6.07, 6.45) is 0. The number of phosphoric acid groups is 1. The van der Waals surface area contributed by atoms with E-state index in [1.807, 2.05) is 6.07 Å². The van der Waals surface area contributed by atoms with Crippen LogP contribution in [-0.2, 0) is 39.9 Å². The summed E-state index contributed by atoms with van der Waals surface area (Å²) in [7, 11) is -4.40. The first kappa shape index (κ1) is 28.2. The maximum absolute atomic E-state index is 14.1. The fourth-order valence-corrected chi connectivity index (χ4v) is 5.49. The molecule has 0 aliphatic heterocycles. The van der Waals surface area contributed by atoms with Crippen LogP contribution in [0.1, 0.15) is 36.5 Å². The summed E-state index contributed by atoms with van der Waals surface area (Å²) < 4.78 is 36.3. The van der Waals surface area contributed by atoms with Gasteiger partial charge in [0.25, 0.3) is 0 Å². The zero-order valence-corrected chi connectivity index (χ0v) is 21.6. The second-order valence-electron chi connectivity index (χ2n) is 8.02. The molecule has 0 bridgehead atoms. The molecule has 0 amide bonds. The molecule has 2 atom stereocenters. The van der Waals surface area contributed by atoms with E-state index in [0.717, 1.165) is 0 Å². The van der Waals surface area contributed by atoms with E-state index < -0.39 is 36.8 Å². The number of hydrogen-bond acceptors (Lipinski definition) is 8. The Hall–Kier alpha value is -3.36. The summed E-state index contributed by atoms with van der Waals surface area (Å²) in [4.78, 5) is 25.5. The monoisotopic (exact) mass is 527 g/mol. The average molecular weight is 528 g/mol. The van der Waals surface area contributed by atoms with E-state index in [1.165, 1.54) is 0 Å². The summed E-state index contributed by atoms with van der Waals surface area (Å²) in [6, 6.07) is 25.5. The molecular formula is C27H30NO8P. The van der Waals surface area contributed by atoms with Crippen LogP contribution in [0.3, 0.4) is 0 Å². The van der Waals surface area contributed by atoms with Gasteiger partial charge >= 0.3 is 13.8 Å². The lowest BCUT2D eigenvalue weighted by Gasteiger charge is -2.38. The highest BCUT2D eigenvalue weighted by Gasteiger charge is 2.57. The predicted molar refractivity (Wildman–Crippen MR) is 137 cm³/mol. The topological polar surface area (TPSA) is 114 Å². The largest absolute Gasteiger partial charge is 0.476 e. The van der Waals surface area contributed by atoms with Crippen molar-refractivity contribution in [1.82, 2.24) is 0 Å². The quantitative estimate of drug-likeness (QED) is 0.110. The van der Waals surface area contributed by atoms with Crippen molar-refractivity contribution < 1.29 is 32.6 Å². The molecule has 0 N–H and O–H groups in total. The van der Waals surface area contributed by atoms with Crippen molar-refractivity contribution in [2.24, 2.45) is 0 Å². The molecule has 0 aromatic heterocycles. The maximum atomic E-state index is 14.1. The van der Waals surface area contributed by atoms with Crippen LogP contribution in [0.15, 0.2) is 91.0 Å². The normalized spacial score (nSPS) is 13.9. The predicted octanol–water partition coefficient (Wildman–Crippen LogP) is 5.88.